The van der Waals surface area contributed by atoms with Gasteiger partial charge in [-0.3, -0.25) is 4.98 Å². The molecular weight excluding hydrogens is 188 g/mol. The van der Waals surface area contributed by atoms with Crippen LogP contribution in [0.3, 0.4) is 0 Å². The molecule has 1 aliphatic rings. The highest BCUT2D eigenvalue weighted by Gasteiger charge is 2.30. The van der Waals surface area contributed by atoms with Gasteiger partial charge in [0.2, 0.25) is 0 Å². The van der Waals surface area contributed by atoms with Gasteiger partial charge in [0.05, 0.1) is 5.60 Å². The van der Waals surface area contributed by atoms with Gasteiger partial charge in [-0.05, 0) is 31.4 Å². The van der Waals surface area contributed by atoms with Crippen molar-refractivity contribution in [3.63, 3.8) is 0 Å². The Balaban J connectivity index is 1.95. The van der Waals surface area contributed by atoms with Gasteiger partial charge < -0.3 is 10.4 Å². The Morgan fingerprint density at radius 2 is 2.20 bits per heavy atom. The van der Waals surface area contributed by atoms with Crippen LogP contribution in [0.4, 0.5) is 5.69 Å². The quantitative estimate of drug-likeness (QED) is 0.796. The Kier molecular flexibility index (Phi) is 2.91. The van der Waals surface area contributed by atoms with Crippen molar-refractivity contribution in [1.29, 1.82) is 0 Å². The first-order valence-corrected chi connectivity index (χ1v) is 5.56. The molecule has 15 heavy (non-hydrogen) atoms. The highest BCUT2D eigenvalue weighted by atomic mass is 16.3. The normalized spacial score (nSPS) is 19.1. The number of anilines is 1. The zero-order valence-corrected chi connectivity index (χ0v) is 9.16. The number of nitrogens with one attached hydrogen (secondary N) is 1. The Morgan fingerprint density at radius 1 is 1.47 bits per heavy atom. The second-order valence-electron chi connectivity index (χ2n) is 4.48. The van der Waals surface area contributed by atoms with E-state index in [1.165, 1.54) is 0 Å². The molecule has 82 valence electrons. The van der Waals surface area contributed by atoms with Crippen LogP contribution in [-0.4, -0.2) is 22.2 Å². The van der Waals surface area contributed by atoms with Crippen molar-refractivity contribution in [2.24, 2.45) is 0 Å². The van der Waals surface area contributed by atoms with E-state index < -0.39 is 5.60 Å². The average Bonchev–Trinajstić information content (AvgIpc) is 2.65. The van der Waals surface area contributed by atoms with E-state index in [9.17, 15) is 5.11 Å². The Morgan fingerprint density at radius 3 is 2.87 bits per heavy atom. The van der Waals surface area contributed by atoms with Crippen LogP contribution in [0, 0.1) is 6.92 Å². The number of hydrogen-bond acceptors (Lipinski definition) is 3. The molecule has 1 aliphatic carbocycles. The minimum absolute atomic E-state index is 0.490. The molecular formula is C12H18N2O. The highest BCUT2D eigenvalue weighted by Crippen LogP contribution is 2.29. The molecule has 1 heterocycles. The molecule has 1 fully saturated rings. The summed E-state index contributed by atoms with van der Waals surface area (Å²) < 4.78 is 0. The van der Waals surface area contributed by atoms with E-state index in [0.29, 0.717) is 6.54 Å². The van der Waals surface area contributed by atoms with Crippen LogP contribution in [0.5, 0.6) is 0 Å². The van der Waals surface area contributed by atoms with Gasteiger partial charge in [0.25, 0.3) is 0 Å². The molecule has 2 rings (SSSR count). The smallest absolute Gasteiger partial charge is 0.0819 e. The molecule has 0 bridgehead atoms. The van der Waals surface area contributed by atoms with Crippen molar-refractivity contribution < 1.29 is 5.11 Å². The van der Waals surface area contributed by atoms with Crippen molar-refractivity contribution >= 4 is 5.69 Å². The van der Waals surface area contributed by atoms with Crippen LogP contribution in [0.15, 0.2) is 18.5 Å². The molecule has 0 aliphatic heterocycles. The summed E-state index contributed by atoms with van der Waals surface area (Å²) in [5, 5.41) is 13.5. The lowest BCUT2D eigenvalue weighted by molar-refractivity contribution is 0.0614. The summed E-state index contributed by atoms with van der Waals surface area (Å²) >= 11 is 0. The third-order valence-corrected chi connectivity index (χ3v) is 3.16. The number of pyridine rings is 1. The van der Waals surface area contributed by atoms with Gasteiger partial charge >= 0.3 is 0 Å². The molecule has 0 aromatic carbocycles. The number of rotatable bonds is 3. The summed E-state index contributed by atoms with van der Waals surface area (Å²) in [6.45, 7) is 2.67. The second-order valence-corrected chi connectivity index (χ2v) is 4.48. The van der Waals surface area contributed by atoms with Crippen LogP contribution in [-0.2, 0) is 0 Å². The maximum absolute atomic E-state index is 10.2. The van der Waals surface area contributed by atoms with Crippen molar-refractivity contribution in [3.05, 3.63) is 24.0 Å². The highest BCUT2D eigenvalue weighted by molar-refractivity contribution is 5.48. The molecule has 1 saturated carbocycles. The summed E-state index contributed by atoms with van der Waals surface area (Å²) in [6.07, 6.45) is 7.74. The molecule has 3 heteroatoms. The fraction of sp³-hybridized carbons (Fsp3) is 0.583. The maximum atomic E-state index is 10.2. The molecule has 0 saturated heterocycles. The fourth-order valence-electron chi connectivity index (χ4n) is 2.14. The molecule has 1 aromatic rings. The topological polar surface area (TPSA) is 45.2 Å². The maximum Gasteiger partial charge on any atom is 0.0819 e. The van der Waals surface area contributed by atoms with Crippen molar-refractivity contribution in [2.75, 3.05) is 11.9 Å². The summed E-state index contributed by atoms with van der Waals surface area (Å²) in [4.78, 5) is 4.04. The van der Waals surface area contributed by atoms with Crippen LogP contribution < -0.4 is 5.32 Å². The van der Waals surface area contributed by atoms with E-state index >= 15 is 0 Å². The van der Waals surface area contributed by atoms with Crippen LogP contribution in [0.1, 0.15) is 31.2 Å². The minimum Gasteiger partial charge on any atom is -0.388 e. The van der Waals surface area contributed by atoms with Gasteiger partial charge in [-0.15, -0.1) is 0 Å². The van der Waals surface area contributed by atoms with E-state index in [1.807, 2.05) is 19.2 Å². The van der Waals surface area contributed by atoms with E-state index in [2.05, 4.69) is 10.3 Å². The summed E-state index contributed by atoms with van der Waals surface area (Å²) in [6, 6.07) is 1.95. The molecule has 0 amide bonds. The Labute approximate surface area is 90.5 Å². The molecule has 1 aromatic heterocycles. The lowest BCUT2D eigenvalue weighted by Gasteiger charge is -2.23. The van der Waals surface area contributed by atoms with Crippen LogP contribution >= 0.6 is 0 Å². The molecule has 0 radical (unpaired) electrons. The number of nitrogens with zero attached hydrogens (tertiary/aromatic N) is 1. The zero-order valence-electron chi connectivity index (χ0n) is 9.16. The third kappa shape index (κ3) is 2.48. The van der Waals surface area contributed by atoms with Gasteiger partial charge in [0, 0.05) is 24.6 Å². The monoisotopic (exact) mass is 206 g/mol. The molecule has 0 atom stereocenters. The molecule has 0 unspecified atom stereocenters. The molecule has 0 spiro atoms. The van der Waals surface area contributed by atoms with Crippen molar-refractivity contribution in [2.45, 2.75) is 38.2 Å². The van der Waals surface area contributed by atoms with Gasteiger partial charge in [0.15, 0.2) is 0 Å². The fourth-order valence-corrected chi connectivity index (χ4v) is 2.14. The standard InChI is InChI=1S/C12H18N2O/c1-10-8-13-7-4-11(10)14-9-12(15)5-2-3-6-12/h4,7-8,15H,2-3,5-6,9H2,1H3,(H,13,14). The van der Waals surface area contributed by atoms with Crippen molar-refractivity contribution in [3.8, 4) is 0 Å². The average molecular weight is 206 g/mol. The van der Waals surface area contributed by atoms with E-state index in [0.717, 1.165) is 36.9 Å². The van der Waals surface area contributed by atoms with E-state index in [-0.39, 0.29) is 0 Å². The minimum atomic E-state index is -0.490. The van der Waals surface area contributed by atoms with Gasteiger partial charge in [-0.25, -0.2) is 0 Å². The predicted molar refractivity (Wildman–Crippen MR) is 60.9 cm³/mol. The number of aliphatic hydroxyl groups is 1. The second kappa shape index (κ2) is 4.19. The third-order valence-electron chi connectivity index (χ3n) is 3.16. The van der Waals surface area contributed by atoms with Crippen molar-refractivity contribution in [1.82, 2.24) is 4.98 Å². The molecule has 2 N–H and O–H groups in total. The lowest BCUT2D eigenvalue weighted by Crippen LogP contribution is -2.33. The largest absolute Gasteiger partial charge is 0.388 e. The summed E-state index contributed by atoms with van der Waals surface area (Å²) in [5.74, 6) is 0. The van der Waals surface area contributed by atoms with Gasteiger partial charge in [0.1, 0.15) is 0 Å². The molecule has 3 nitrogen and oxygen atoms in total. The number of aromatic nitrogens is 1. The first-order chi connectivity index (χ1) is 7.20. The summed E-state index contributed by atoms with van der Waals surface area (Å²) in [5.41, 5.74) is 1.71. The van der Waals surface area contributed by atoms with Crippen LogP contribution in [0.2, 0.25) is 0 Å². The van der Waals surface area contributed by atoms with Gasteiger partial charge in [-0.2, -0.15) is 0 Å². The lowest BCUT2D eigenvalue weighted by atomic mass is 10.0. The number of aryl methyl sites for hydroxylation is 1. The summed E-state index contributed by atoms with van der Waals surface area (Å²) in [7, 11) is 0. The van der Waals surface area contributed by atoms with Gasteiger partial charge in [-0.1, -0.05) is 12.8 Å². The zero-order chi connectivity index (χ0) is 10.7. The Hall–Kier alpha value is -1.09. The Bertz CT molecular complexity index is 332. The van der Waals surface area contributed by atoms with E-state index in [4.69, 9.17) is 0 Å². The SMILES string of the molecule is Cc1cnccc1NCC1(O)CCCC1. The van der Waals surface area contributed by atoms with Crippen LogP contribution in [0.25, 0.3) is 0 Å². The first kappa shape index (κ1) is 10.4. The van der Waals surface area contributed by atoms with E-state index in [1.54, 1.807) is 6.20 Å². The predicted octanol–water partition coefficient (Wildman–Crippen LogP) is 2.11. The first-order valence-electron chi connectivity index (χ1n) is 5.56. The number of hydrogen-bond donors (Lipinski definition) is 2.